The lowest BCUT2D eigenvalue weighted by Crippen LogP contribution is -2.18. The van der Waals surface area contributed by atoms with E-state index < -0.39 is 0 Å². The van der Waals surface area contributed by atoms with Gasteiger partial charge in [-0.05, 0) is 48.4 Å². The molecule has 0 N–H and O–H groups in total. The molecule has 1 aliphatic rings. The van der Waals surface area contributed by atoms with Gasteiger partial charge in [0.15, 0.2) is 11.5 Å². The van der Waals surface area contributed by atoms with Crippen molar-refractivity contribution in [2.45, 2.75) is 25.4 Å². The van der Waals surface area contributed by atoms with Crippen molar-refractivity contribution < 1.29 is 14.4 Å². The first kappa shape index (κ1) is 20.4. The standard InChI is InChI=1S/C22H19ClN2O4S/c1-28-19-3-2-12-25(22(19)27)15-6-4-14(5-7-15)17-13-16(29-24-17)8-9-18(26)20-10-11-21(23)30-20/h2-7,10-12,16H,8-9,13H2,1H3. The number of Topliss-reactive ketones (excluding diaryl/α,β-unsaturated/α-hetero) is 1. The van der Waals surface area contributed by atoms with Gasteiger partial charge in [-0.25, -0.2) is 0 Å². The van der Waals surface area contributed by atoms with Crippen molar-refractivity contribution in [3.8, 4) is 11.4 Å². The van der Waals surface area contributed by atoms with Crippen molar-refractivity contribution in [2.75, 3.05) is 7.11 Å². The summed E-state index contributed by atoms with van der Waals surface area (Å²) < 4.78 is 7.23. The molecule has 8 heteroatoms. The summed E-state index contributed by atoms with van der Waals surface area (Å²) in [5, 5.41) is 4.19. The van der Waals surface area contributed by atoms with Gasteiger partial charge in [0, 0.05) is 24.7 Å². The highest BCUT2D eigenvalue weighted by atomic mass is 35.5. The molecule has 0 saturated carbocycles. The summed E-state index contributed by atoms with van der Waals surface area (Å²) >= 11 is 7.18. The van der Waals surface area contributed by atoms with Gasteiger partial charge in [-0.3, -0.25) is 14.2 Å². The predicted molar refractivity (Wildman–Crippen MR) is 118 cm³/mol. The molecule has 0 radical (unpaired) electrons. The van der Waals surface area contributed by atoms with E-state index in [1.165, 1.54) is 23.0 Å². The smallest absolute Gasteiger partial charge is 0.297 e. The van der Waals surface area contributed by atoms with E-state index in [0.29, 0.717) is 28.5 Å². The summed E-state index contributed by atoms with van der Waals surface area (Å²) in [4.78, 5) is 30.8. The van der Waals surface area contributed by atoms with Gasteiger partial charge in [0.1, 0.15) is 6.10 Å². The van der Waals surface area contributed by atoms with Crippen molar-refractivity contribution in [3.05, 3.63) is 79.9 Å². The average Bonchev–Trinajstić information content (AvgIpc) is 3.42. The van der Waals surface area contributed by atoms with E-state index in [9.17, 15) is 9.59 Å². The molecule has 1 aliphatic heterocycles. The monoisotopic (exact) mass is 442 g/mol. The number of hydrogen-bond acceptors (Lipinski definition) is 6. The molecular weight excluding hydrogens is 424 g/mol. The molecule has 154 valence electrons. The van der Waals surface area contributed by atoms with E-state index in [2.05, 4.69) is 5.16 Å². The number of halogens is 1. The molecule has 3 heterocycles. The zero-order valence-corrected chi connectivity index (χ0v) is 17.8. The average molecular weight is 443 g/mol. The molecule has 1 unspecified atom stereocenters. The first-order chi connectivity index (χ1) is 14.5. The SMILES string of the molecule is COc1cccn(-c2ccc(C3=NOC(CCC(=O)c4ccc(Cl)s4)C3)cc2)c1=O. The summed E-state index contributed by atoms with van der Waals surface area (Å²) in [5.74, 6) is 0.356. The molecule has 4 rings (SSSR count). The third kappa shape index (κ3) is 4.32. The minimum atomic E-state index is -0.217. The molecule has 1 aromatic carbocycles. The zero-order valence-electron chi connectivity index (χ0n) is 16.2. The minimum absolute atomic E-state index is 0.0667. The first-order valence-electron chi connectivity index (χ1n) is 9.43. The third-order valence-corrected chi connectivity index (χ3v) is 6.16. The fourth-order valence-corrected chi connectivity index (χ4v) is 4.29. The van der Waals surface area contributed by atoms with Gasteiger partial charge in [0.05, 0.1) is 22.0 Å². The van der Waals surface area contributed by atoms with Crippen LogP contribution in [-0.2, 0) is 4.84 Å². The second kappa shape index (κ2) is 8.85. The molecule has 0 amide bonds. The minimum Gasteiger partial charge on any atom is -0.491 e. The van der Waals surface area contributed by atoms with E-state index >= 15 is 0 Å². The number of nitrogens with zero attached hydrogens (tertiary/aromatic N) is 2. The van der Waals surface area contributed by atoms with Gasteiger partial charge >= 0.3 is 0 Å². The number of carbonyl (C=O) groups excluding carboxylic acids is 1. The lowest BCUT2D eigenvalue weighted by atomic mass is 10.0. The topological polar surface area (TPSA) is 69.9 Å². The molecule has 0 aliphatic carbocycles. The molecule has 6 nitrogen and oxygen atoms in total. The molecular formula is C22H19ClN2O4S. The molecule has 0 bridgehead atoms. The van der Waals surface area contributed by atoms with Gasteiger partial charge < -0.3 is 9.57 Å². The van der Waals surface area contributed by atoms with Crippen molar-refractivity contribution >= 4 is 34.4 Å². The predicted octanol–water partition coefficient (Wildman–Crippen LogP) is 4.72. The van der Waals surface area contributed by atoms with Crippen molar-refractivity contribution in [1.82, 2.24) is 4.57 Å². The van der Waals surface area contributed by atoms with Gasteiger partial charge in [0.2, 0.25) is 0 Å². The highest BCUT2D eigenvalue weighted by Gasteiger charge is 2.23. The first-order valence-corrected chi connectivity index (χ1v) is 10.6. The van der Waals surface area contributed by atoms with E-state index in [1.807, 2.05) is 24.3 Å². The summed E-state index contributed by atoms with van der Waals surface area (Å²) in [5.41, 5.74) is 2.27. The molecule has 30 heavy (non-hydrogen) atoms. The van der Waals surface area contributed by atoms with Crippen LogP contribution < -0.4 is 10.3 Å². The summed E-state index contributed by atoms with van der Waals surface area (Å²) in [6.07, 6.45) is 3.20. The van der Waals surface area contributed by atoms with Crippen molar-refractivity contribution in [1.29, 1.82) is 0 Å². The molecule has 3 aromatic rings. The Morgan fingerprint density at radius 2 is 2.07 bits per heavy atom. The zero-order chi connectivity index (χ0) is 21.1. The molecule has 1 atom stereocenters. The number of methoxy groups -OCH3 is 1. The number of rotatable bonds is 7. The van der Waals surface area contributed by atoms with Crippen LogP contribution in [0.5, 0.6) is 5.75 Å². The quantitative estimate of drug-likeness (QED) is 0.496. The maximum absolute atomic E-state index is 12.4. The normalized spacial score (nSPS) is 15.5. The van der Waals surface area contributed by atoms with Gasteiger partial charge in [-0.1, -0.05) is 28.9 Å². The molecule has 0 spiro atoms. The van der Waals surface area contributed by atoms with E-state index in [0.717, 1.165) is 17.0 Å². The van der Waals surface area contributed by atoms with Crippen LogP contribution in [0.1, 0.15) is 34.5 Å². The van der Waals surface area contributed by atoms with Crippen molar-refractivity contribution in [3.63, 3.8) is 0 Å². The number of oxime groups is 1. The maximum Gasteiger partial charge on any atom is 0.297 e. The lowest BCUT2D eigenvalue weighted by Gasteiger charge is -2.09. The number of carbonyl (C=O) groups is 1. The van der Waals surface area contributed by atoms with Gasteiger partial charge in [0.25, 0.3) is 5.56 Å². The summed E-state index contributed by atoms with van der Waals surface area (Å²) in [7, 11) is 1.47. The highest BCUT2D eigenvalue weighted by molar-refractivity contribution is 7.18. The number of benzene rings is 1. The Morgan fingerprint density at radius 1 is 1.27 bits per heavy atom. The van der Waals surface area contributed by atoms with Gasteiger partial charge in [-0.15, -0.1) is 11.3 Å². The van der Waals surface area contributed by atoms with Crippen LogP contribution in [0.15, 0.2) is 64.7 Å². The number of ketones is 1. The Bertz CT molecular complexity index is 1150. The Hall–Kier alpha value is -2.90. The van der Waals surface area contributed by atoms with Crippen LogP contribution >= 0.6 is 22.9 Å². The van der Waals surface area contributed by atoms with Crippen LogP contribution in [0.3, 0.4) is 0 Å². The van der Waals surface area contributed by atoms with E-state index in [4.69, 9.17) is 21.2 Å². The number of pyridine rings is 1. The van der Waals surface area contributed by atoms with Crippen molar-refractivity contribution in [2.24, 2.45) is 5.16 Å². The molecule has 2 aromatic heterocycles. The number of ether oxygens (including phenoxy) is 1. The summed E-state index contributed by atoms with van der Waals surface area (Å²) in [6.45, 7) is 0. The lowest BCUT2D eigenvalue weighted by molar-refractivity contribution is 0.0720. The second-order valence-corrected chi connectivity index (χ2v) is 8.55. The van der Waals surface area contributed by atoms with Crippen LogP contribution in [0.25, 0.3) is 5.69 Å². The van der Waals surface area contributed by atoms with Crippen LogP contribution in [-0.4, -0.2) is 29.3 Å². The highest BCUT2D eigenvalue weighted by Crippen LogP contribution is 2.25. The summed E-state index contributed by atoms with van der Waals surface area (Å²) in [6, 6.07) is 14.4. The second-order valence-electron chi connectivity index (χ2n) is 6.83. The van der Waals surface area contributed by atoms with Crippen LogP contribution in [0.2, 0.25) is 4.34 Å². The molecule has 0 fully saturated rings. The third-order valence-electron chi connectivity index (χ3n) is 4.89. The van der Waals surface area contributed by atoms with E-state index in [-0.39, 0.29) is 23.2 Å². The maximum atomic E-state index is 12.4. The number of hydrogen-bond donors (Lipinski definition) is 0. The Morgan fingerprint density at radius 3 is 2.77 bits per heavy atom. The van der Waals surface area contributed by atoms with Crippen LogP contribution in [0.4, 0.5) is 0 Å². The fraction of sp³-hybridized carbons (Fsp3) is 0.227. The van der Waals surface area contributed by atoms with E-state index in [1.54, 1.807) is 30.5 Å². The number of aromatic nitrogens is 1. The number of thiophene rings is 1. The fourth-order valence-electron chi connectivity index (χ4n) is 3.28. The Kier molecular flexibility index (Phi) is 6.01. The Labute approximate surface area is 182 Å². The van der Waals surface area contributed by atoms with Gasteiger partial charge in [-0.2, -0.15) is 0 Å². The molecule has 0 saturated heterocycles. The van der Waals surface area contributed by atoms with Crippen LogP contribution in [0, 0.1) is 0 Å². The largest absolute Gasteiger partial charge is 0.491 e. The Balaban J connectivity index is 1.38.